The number of likely N-dealkylation sites (tertiary alicyclic amines) is 1. The van der Waals surface area contributed by atoms with Gasteiger partial charge in [0.2, 0.25) is 12.0 Å². The van der Waals surface area contributed by atoms with Crippen molar-refractivity contribution in [2.75, 3.05) is 25.0 Å². The monoisotopic (exact) mass is 366 g/mol. The number of carbonyl (C=O) groups is 2. The van der Waals surface area contributed by atoms with Gasteiger partial charge in [-0.1, -0.05) is 30.3 Å². The summed E-state index contributed by atoms with van der Waals surface area (Å²) in [5.41, 5.74) is 0.799. The highest BCUT2D eigenvalue weighted by Gasteiger charge is 2.34. The number of amides is 2. The number of hydrogen-bond donors (Lipinski definition) is 1. The van der Waals surface area contributed by atoms with Gasteiger partial charge in [0.25, 0.3) is 5.91 Å². The lowest BCUT2D eigenvalue weighted by atomic mass is 9.95. The molecule has 2 aliphatic heterocycles. The minimum absolute atomic E-state index is 0.0134. The van der Waals surface area contributed by atoms with E-state index in [0.717, 1.165) is 5.69 Å². The summed E-state index contributed by atoms with van der Waals surface area (Å²) in [6.07, 6.45) is 0.665. The van der Waals surface area contributed by atoms with Gasteiger partial charge in [-0.15, -0.1) is 0 Å². The summed E-state index contributed by atoms with van der Waals surface area (Å²) in [5, 5.41) is 2.94. The van der Waals surface area contributed by atoms with Crippen molar-refractivity contribution in [3.63, 3.8) is 0 Å². The Hall–Kier alpha value is -3.02. The SMILES string of the molecule is O=C(Nc1ccccc1)C1CCN(C(=O)C2COc3ccccc3O2)CC1. The molecule has 0 aliphatic carbocycles. The Morgan fingerprint density at radius 1 is 0.926 bits per heavy atom. The van der Waals surface area contributed by atoms with E-state index in [9.17, 15) is 9.59 Å². The number of rotatable bonds is 3. The van der Waals surface area contributed by atoms with Gasteiger partial charge in [-0.3, -0.25) is 9.59 Å². The Morgan fingerprint density at radius 2 is 1.59 bits per heavy atom. The largest absolute Gasteiger partial charge is 0.485 e. The quantitative estimate of drug-likeness (QED) is 0.907. The van der Waals surface area contributed by atoms with Gasteiger partial charge < -0.3 is 19.7 Å². The van der Waals surface area contributed by atoms with E-state index in [1.165, 1.54) is 0 Å². The van der Waals surface area contributed by atoms with E-state index in [2.05, 4.69) is 5.32 Å². The van der Waals surface area contributed by atoms with Crippen molar-refractivity contribution in [2.24, 2.45) is 5.92 Å². The van der Waals surface area contributed by atoms with Gasteiger partial charge in [0, 0.05) is 24.7 Å². The summed E-state index contributed by atoms with van der Waals surface area (Å²) >= 11 is 0. The third-order valence-corrected chi connectivity index (χ3v) is 5.00. The van der Waals surface area contributed by atoms with Crippen molar-refractivity contribution in [1.29, 1.82) is 0 Å². The van der Waals surface area contributed by atoms with Gasteiger partial charge >= 0.3 is 0 Å². The van der Waals surface area contributed by atoms with Crippen LogP contribution in [0.25, 0.3) is 0 Å². The molecule has 6 nitrogen and oxygen atoms in total. The van der Waals surface area contributed by atoms with Crippen molar-refractivity contribution in [2.45, 2.75) is 18.9 Å². The lowest BCUT2D eigenvalue weighted by Gasteiger charge is -2.35. The molecule has 2 amide bonds. The Kier molecular flexibility index (Phi) is 4.96. The number of nitrogens with one attached hydrogen (secondary N) is 1. The maximum Gasteiger partial charge on any atom is 0.267 e. The van der Waals surface area contributed by atoms with E-state index in [4.69, 9.17) is 9.47 Å². The van der Waals surface area contributed by atoms with Crippen LogP contribution >= 0.6 is 0 Å². The van der Waals surface area contributed by atoms with Crippen LogP contribution in [-0.4, -0.2) is 42.5 Å². The molecule has 0 spiro atoms. The molecule has 0 bridgehead atoms. The number of ether oxygens (including phenoxy) is 2. The second kappa shape index (κ2) is 7.70. The summed E-state index contributed by atoms with van der Waals surface area (Å²) in [4.78, 5) is 26.9. The number of anilines is 1. The first-order chi connectivity index (χ1) is 13.2. The van der Waals surface area contributed by atoms with Crippen LogP contribution in [0.3, 0.4) is 0 Å². The third kappa shape index (κ3) is 3.89. The minimum atomic E-state index is -0.630. The molecule has 4 rings (SSSR count). The number of piperidine rings is 1. The van der Waals surface area contributed by atoms with Crippen molar-refractivity contribution >= 4 is 17.5 Å². The average Bonchev–Trinajstić information content (AvgIpc) is 2.73. The smallest absolute Gasteiger partial charge is 0.267 e. The highest BCUT2D eigenvalue weighted by atomic mass is 16.6. The number of carbonyl (C=O) groups excluding carboxylic acids is 2. The first-order valence-corrected chi connectivity index (χ1v) is 9.24. The Bertz CT molecular complexity index is 816. The molecule has 0 radical (unpaired) electrons. The lowest BCUT2D eigenvalue weighted by Crippen LogP contribution is -2.49. The van der Waals surface area contributed by atoms with Crippen molar-refractivity contribution < 1.29 is 19.1 Å². The summed E-state index contributed by atoms with van der Waals surface area (Å²) < 4.78 is 11.4. The summed E-state index contributed by atoms with van der Waals surface area (Å²) in [6.45, 7) is 1.31. The first-order valence-electron chi connectivity index (χ1n) is 9.24. The normalized spacial score (nSPS) is 19.4. The molecule has 0 saturated carbocycles. The maximum absolute atomic E-state index is 12.8. The molecular weight excluding hydrogens is 344 g/mol. The summed E-state index contributed by atoms with van der Waals surface area (Å²) in [5.74, 6) is 1.11. The standard InChI is InChI=1S/C21H22N2O4/c24-20(22-16-6-2-1-3-7-16)15-10-12-23(13-11-15)21(25)19-14-26-17-8-4-5-9-18(17)27-19/h1-9,15,19H,10-14H2,(H,22,24). The van der Waals surface area contributed by atoms with Gasteiger partial charge in [0.15, 0.2) is 11.5 Å². The Balaban J connectivity index is 1.30. The van der Waals surface area contributed by atoms with Crippen molar-refractivity contribution in [3.8, 4) is 11.5 Å². The molecule has 1 fully saturated rings. The number of hydrogen-bond acceptors (Lipinski definition) is 4. The predicted molar refractivity (Wildman–Crippen MR) is 101 cm³/mol. The van der Waals surface area contributed by atoms with E-state index < -0.39 is 6.10 Å². The summed E-state index contributed by atoms with van der Waals surface area (Å²) in [7, 11) is 0. The fourth-order valence-corrected chi connectivity index (χ4v) is 3.47. The highest BCUT2D eigenvalue weighted by Crippen LogP contribution is 2.31. The predicted octanol–water partition coefficient (Wildman–Crippen LogP) is 2.70. The van der Waals surface area contributed by atoms with Crippen LogP contribution in [0.1, 0.15) is 12.8 Å². The molecule has 1 saturated heterocycles. The number of nitrogens with zero attached hydrogens (tertiary/aromatic N) is 1. The van der Waals surface area contributed by atoms with Crippen molar-refractivity contribution in [1.82, 2.24) is 4.90 Å². The van der Waals surface area contributed by atoms with E-state index in [0.29, 0.717) is 37.4 Å². The zero-order valence-electron chi connectivity index (χ0n) is 15.0. The van der Waals surface area contributed by atoms with E-state index >= 15 is 0 Å². The van der Waals surface area contributed by atoms with Gasteiger partial charge in [-0.2, -0.15) is 0 Å². The number of benzene rings is 2. The number of fused-ring (bicyclic) bond motifs is 1. The second-order valence-electron chi connectivity index (χ2n) is 6.82. The Morgan fingerprint density at radius 3 is 2.33 bits per heavy atom. The third-order valence-electron chi connectivity index (χ3n) is 5.00. The topological polar surface area (TPSA) is 67.9 Å². The molecular formula is C21H22N2O4. The fraction of sp³-hybridized carbons (Fsp3) is 0.333. The van der Waals surface area contributed by atoms with Crippen LogP contribution in [0, 0.1) is 5.92 Å². The fourth-order valence-electron chi connectivity index (χ4n) is 3.47. The second-order valence-corrected chi connectivity index (χ2v) is 6.82. The van der Waals surface area contributed by atoms with Crippen molar-refractivity contribution in [3.05, 3.63) is 54.6 Å². The molecule has 0 aromatic heterocycles. The Labute approximate surface area is 158 Å². The molecule has 2 aromatic carbocycles. The molecule has 2 aliphatic rings. The zero-order chi connectivity index (χ0) is 18.6. The van der Waals surface area contributed by atoms with Gasteiger partial charge in [-0.05, 0) is 37.1 Å². The summed E-state index contributed by atoms with van der Waals surface area (Å²) in [6, 6.07) is 16.8. The highest BCUT2D eigenvalue weighted by molar-refractivity contribution is 5.92. The zero-order valence-corrected chi connectivity index (χ0v) is 15.0. The molecule has 140 valence electrons. The van der Waals surface area contributed by atoms with Crippen LogP contribution in [0.5, 0.6) is 11.5 Å². The molecule has 1 N–H and O–H groups in total. The van der Waals surface area contributed by atoms with Crippen LogP contribution < -0.4 is 14.8 Å². The molecule has 1 atom stereocenters. The van der Waals surface area contributed by atoms with Crippen LogP contribution in [0.15, 0.2) is 54.6 Å². The molecule has 27 heavy (non-hydrogen) atoms. The molecule has 6 heteroatoms. The molecule has 2 heterocycles. The van der Waals surface area contributed by atoms with Gasteiger partial charge in [-0.25, -0.2) is 0 Å². The molecule has 2 aromatic rings. The molecule has 1 unspecified atom stereocenters. The van der Waals surface area contributed by atoms with Gasteiger partial charge in [0.1, 0.15) is 6.61 Å². The van der Waals surface area contributed by atoms with Crippen LogP contribution in [-0.2, 0) is 9.59 Å². The van der Waals surface area contributed by atoms with Gasteiger partial charge in [0.05, 0.1) is 0 Å². The van der Waals surface area contributed by atoms with E-state index in [1.807, 2.05) is 48.5 Å². The maximum atomic E-state index is 12.8. The average molecular weight is 366 g/mol. The van der Waals surface area contributed by atoms with E-state index in [1.54, 1.807) is 11.0 Å². The van der Waals surface area contributed by atoms with Crippen LogP contribution in [0.2, 0.25) is 0 Å². The van der Waals surface area contributed by atoms with Crippen LogP contribution in [0.4, 0.5) is 5.69 Å². The van der Waals surface area contributed by atoms with E-state index in [-0.39, 0.29) is 24.3 Å². The first kappa shape index (κ1) is 17.4. The minimum Gasteiger partial charge on any atom is -0.485 e. The lowest BCUT2D eigenvalue weighted by molar-refractivity contribution is -0.143. The number of para-hydroxylation sites is 3.